The highest BCUT2D eigenvalue weighted by Crippen LogP contribution is 2.16. The van der Waals surface area contributed by atoms with Crippen LogP contribution in [0.2, 0.25) is 0 Å². The van der Waals surface area contributed by atoms with Gasteiger partial charge in [-0.2, -0.15) is 0 Å². The van der Waals surface area contributed by atoms with Crippen LogP contribution in [0.15, 0.2) is 24.3 Å². The minimum Gasteiger partial charge on any atom is -0.494 e. The predicted molar refractivity (Wildman–Crippen MR) is 49.3 cm³/mol. The molecule has 1 aromatic carbocycles. The first-order valence-electron chi connectivity index (χ1n) is 3.95. The van der Waals surface area contributed by atoms with Crippen LogP contribution in [0.3, 0.4) is 0 Å². The van der Waals surface area contributed by atoms with Gasteiger partial charge in [0, 0.05) is 11.8 Å². The summed E-state index contributed by atoms with van der Waals surface area (Å²) in [6.45, 7) is 2.44. The molecule has 0 bridgehead atoms. The quantitative estimate of drug-likeness (QED) is 0.751. The summed E-state index contributed by atoms with van der Waals surface area (Å²) in [7, 11) is 0. The average Bonchev–Trinajstić information content (AvgIpc) is 2.04. The minimum absolute atomic E-state index is 0.512. The van der Waals surface area contributed by atoms with Gasteiger partial charge in [-0.15, -0.1) is 0 Å². The molecular formula is C9H11NO3. The third kappa shape index (κ3) is 3.02. The Labute approximate surface area is 76.1 Å². The van der Waals surface area contributed by atoms with Gasteiger partial charge in [0.05, 0.1) is 6.61 Å². The second-order valence-electron chi connectivity index (χ2n) is 2.39. The van der Waals surface area contributed by atoms with Gasteiger partial charge in [-0.3, -0.25) is 5.32 Å². The van der Waals surface area contributed by atoms with Crippen LogP contribution >= 0.6 is 0 Å². The molecule has 0 aromatic heterocycles. The first-order valence-corrected chi connectivity index (χ1v) is 3.95. The molecule has 1 rings (SSSR count). The van der Waals surface area contributed by atoms with E-state index in [1.165, 1.54) is 0 Å². The highest BCUT2D eigenvalue weighted by Gasteiger charge is 1.98. The molecule has 70 valence electrons. The molecule has 4 heteroatoms. The molecular weight excluding hydrogens is 170 g/mol. The average molecular weight is 181 g/mol. The molecule has 4 nitrogen and oxygen atoms in total. The molecule has 1 aromatic rings. The molecule has 1 amide bonds. The van der Waals surface area contributed by atoms with E-state index in [1.54, 1.807) is 24.3 Å². The molecule has 0 saturated heterocycles. The number of anilines is 1. The fraction of sp³-hybridized carbons (Fsp3) is 0.222. The van der Waals surface area contributed by atoms with E-state index >= 15 is 0 Å². The maximum atomic E-state index is 10.3. The van der Waals surface area contributed by atoms with Crippen LogP contribution in [0.4, 0.5) is 10.5 Å². The largest absolute Gasteiger partial charge is 0.494 e. The lowest BCUT2D eigenvalue weighted by Gasteiger charge is -2.04. The summed E-state index contributed by atoms with van der Waals surface area (Å²) in [6, 6.07) is 6.81. The van der Waals surface area contributed by atoms with E-state index in [0.29, 0.717) is 18.0 Å². The Bertz CT molecular complexity index is 299. The summed E-state index contributed by atoms with van der Waals surface area (Å²) >= 11 is 0. The van der Waals surface area contributed by atoms with Gasteiger partial charge in [0.1, 0.15) is 5.75 Å². The topological polar surface area (TPSA) is 58.6 Å². The normalized spacial score (nSPS) is 9.31. The van der Waals surface area contributed by atoms with Crippen molar-refractivity contribution in [3.8, 4) is 5.75 Å². The van der Waals surface area contributed by atoms with Crippen molar-refractivity contribution in [2.75, 3.05) is 11.9 Å². The van der Waals surface area contributed by atoms with Crippen LogP contribution < -0.4 is 10.1 Å². The van der Waals surface area contributed by atoms with Crippen molar-refractivity contribution in [3.05, 3.63) is 24.3 Å². The number of ether oxygens (including phenoxy) is 1. The van der Waals surface area contributed by atoms with Gasteiger partial charge in [0.2, 0.25) is 0 Å². The van der Waals surface area contributed by atoms with Crippen molar-refractivity contribution in [1.29, 1.82) is 0 Å². The number of benzene rings is 1. The molecule has 0 radical (unpaired) electrons. The zero-order valence-electron chi connectivity index (χ0n) is 7.28. The van der Waals surface area contributed by atoms with Crippen molar-refractivity contribution in [2.24, 2.45) is 0 Å². The summed E-state index contributed by atoms with van der Waals surface area (Å²) in [5.41, 5.74) is 0.512. The summed E-state index contributed by atoms with van der Waals surface area (Å²) in [6.07, 6.45) is -1.08. The Kier molecular flexibility index (Phi) is 3.14. The predicted octanol–water partition coefficient (Wildman–Crippen LogP) is 2.18. The molecule has 0 aliphatic carbocycles. The Morgan fingerprint density at radius 3 is 3.00 bits per heavy atom. The molecule has 0 atom stereocenters. The second kappa shape index (κ2) is 4.35. The maximum absolute atomic E-state index is 10.3. The first kappa shape index (κ1) is 9.38. The van der Waals surface area contributed by atoms with Crippen molar-refractivity contribution in [1.82, 2.24) is 0 Å². The number of carboxylic acid groups (broad SMARTS) is 1. The molecule has 0 aliphatic heterocycles. The van der Waals surface area contributed by atoms with Crippen LogP contribution in [0.5, 0.6) is 5.75 Å². The lowest BCUT2D eigenvalue weighted by molar-refractivity contribution is 0.209. The highest BCUT2D eigenvalue weighted by molar-refractivity contribution is 5.83. The Morgan fingerprint density at radius 2 is 2.38 bits per heavy atom. The van der Waals surface area contributed by atoms with Crippen molar-refractivity contribution < 1.29 is 14.6 Å². The second-order valence-corrected chi connectivity index (χ2v) is 2.39. The molecule has 2 N–H and O–H groups in total. The van der Waals surface area contributed by atoms with Gasteiger partial charge in [-0.05, 0) is 19.1 Å². The SMILES string of the molecule is CCOc1cccc(NC(=O)O)c1. The Balaban J connectivity index is 2.73. The number of hydrogen-bond donors (Lipinski definition) is 2. The van der Waals surface area contributed by atoms with E-state index < -0.39 is 6.09 Å². The Hall–Kier alpha value is -1.71. The first-order chi connectivity index (χ1) is 6.22. The lowest BCUT2D eigenvalue weighted by Crippen LogP contribution is -2.07. The number of hydrogen-bond acceptors (Lipinski definition) is 2. The van der Waals surface area contributed by atoms with Gasteiger partial charge in [0.25, 0.3) is 0 Å². The molecule has 0 heterocycles. The molecule has 0 spiro atoms. The van der Waals surface area contributed by atoms with Gasteiger partial charge >= 0.3 is 6.09 Å². The van der Waals surface area contributed by atoms with Gasteiger partial charge < -0.3 is 9.84 Å². The third-order valence-electron chi connectivity index (χ3n) is 1.40. The number of nitrogens with one attached hydrogen (secondary N) is 1. The Morgan fingerprint density at radius 1 is 1.62 bits per heavy atom. The van der Waals surface area contributed by atoms with Gasteiger partial charge in [-0.1, -0.05) is 6.07 Å². The molecule has 0 aliphatic rings. The van der Waals surface area contributed by atoms with Crippen LogP contribution in [-0.4, -0.2) is 17.8 Å². The monoisotopic (exact) mass is 181 g/mol. The van der Waals surface area contributed by atoms with Crippen LogP contribution in [0.25, 0.3) is 0 Å². The van der Waals surface area contributed by atoms with Gasteiger partial charge in [-0.25, -0.2) is 4.79 Å². The van der Waals surface area contributed by atoms with E-state index in [2.05, 4.69) is 5.32 Å². The van der Waals surface area contributed by atoms with E-state index in [0.717, 1.165) is 0 Å². The van der Waals surface area contributed by atoms with Crippen LogP contribution in [0.1, 0.15) is 6.92 Å². The van der Waals surface area contributed by atoms with Crippen LogP contribution in [0, 0.1) is 0 Å². The summed E-state index contributed by atoms with van der Waals surface area (Å²) in [5, 5.41) is 10.7. The van der Waals surface area contributed by atoms with E-state index in [4.69, 9.17) is 9.84 Å². The lowest BCUT2D eigenvalue weighted by atomic mass is 10.3. The van der Waals surface area contributed by atoms with E-state index in [9.17, 15) is 4.79 Å². The molecule has 0 saturated carbocycles. The number of rotatable bonds is 3. The summed E-state index contributed by atoms with van der Waals surface area (Å²) in [4.78, 5) is 10.3. The summed E-state index contributed by atoms with van der Waals surface area (Å²) in [5.74, 6) is 0.661. The van der Waals surface area contributed by atoms with Crippen molar-refractivity contribution in [3.63, 3.8) is 0 Å². The van der Waals surface area contributed by atoms with Crippen molar-refractivity contribution >= 4 is 11.8 Å². The number of carbonyl (C=O) groups is 1. The van der Waals surface area contributed by atoms with E-state index in [1.807, 2.05) is 6.92 Å². The number of amides is 1. The molecule has 0 fully saturated rings. The molecule has 13 heavy (non-hydrogen) atoms. The minimum atomic E-state index is -1.08. The van der Waals surface area contributed by atoms with E-state index in [-0.39, 0.29) is 0 Å². The highest BCUT2D eigenvalue weighted by atomic mass is 16.5. The standard InChI is InChI=1S/C9H11NO3/c1-2-13-8-5-3-4-7(6-8)10-9(11)12/h3-6,10H,2H2,1H3,(H,11,12). The fourth-order valence-electron chi connectivity index (χ4n) is 0.954. The van der Waals surface area contributed by atoms with Crippen molar-refractivity contribution in [2.45, 2.75) is 6.92 Å². The van der Waals surface area contributed by atoms with Crippen LogP contribution in [-0.2, 0) is 0 Å². The fourth-order valence-corrected chi connectivity index (χ4v) is 0.954. The maximum Gasteiger partial charge on any atom is 0.409 e. The zero-order valence-corrected chi connectivity index (χ0v) is 7.28. The van der Waals surface area contributed by atoms with Gasteiger partial charge in [0.15, 0.2) is 0 Å². The third-order valence-corrected chi connectivity index (χ3v) is 1.40. The molecule has 0 unspecified atom stereocenters. The smallest absolute Gasteiger partial charge is 0.409 e. The summed E-state index contributed by atoms with van der Waals surface area (Å²) < 4.78 is 5.20. The zero-order chi connectivity index (χ0) is 9.68.